The van der Waals surface area contributed by atoms with Crippen LogP contribution in [0.15, 0.2) is 42.5 Å². The van der Waals surface area contributed by atoms with Crippen LogP contribution in [0.3, 0.4) is 0 Å². The lowest BCUT2D eigenvalue weighted by Crippen LogP contribution is -2.19. The van der Waals surface area contributed by atoms with Gasteiger partial charge in [0, 0.05) is 18.8 Å². The van der Waals surface area contributed by atoms with Crippen LogP contribution < -0.4 is 15.4 Å². The van der Waals surface area contributed by atoms with Crippen LogP contribution >= 0.6 is 0 Å². The highest BCUT2D eigenvalue weighted by molar-refractivity contribution is 5.59. The second-order valence-corrected chi connectivity index (χ2v) is 4.88. The Morgan fingerprint density at radius 1 is 1.21 bits per heavy atom. The second kappa shape index (κ2) is 4.84. The Labute approximate surface area is 113 Å². The van der Waals surface area contributed by atoms with Crippen molar-refractivity contribution in [2.75, 3.05) is 24.3 Å². The summed E-state index contributed by atoms with van der Waals surface area (Å²) in [6.07, 6.45) is 1.13. The number of hydrogen-bond acceptors (Lipinski definition) is 3. The molecule has 98 valence electrons. The lowest BCUT2D eigenvalue weighted by Gasteiger charge is -2.20. The number of methoxy groups -OCH3 is 1. The van der Waals surface area contributed by atoms with Crippen LogP contribution in [0.2, 0.25) is 0 Å². The number of ether oxygens (including phenoxy) is 1. The summed E-state index contributed by atoms with van der Waals surface area (Å²) in [4.78, 5) is 2.40. The molecule has 0 unspecified atom stereocenters. The summed E-state index contributed by atoms with van der Waals surface area (Å²) in [6.45, 7) is 1.97. The molecule has 2 aromatic rings. The van der Waals surface area contributed by atoms with Gasteiger partial charge in [0.15, 0.2) is 0 Å². The van der Waals surface area contributed by atoms with E-state index in [9.17, 15) is 0 Å². The van der Waals surface area contributed by atoms with Crippen molar-refractivity contribution < 1.29 is 4.74 Å². The van der Waals surface area contributed by atoms with Gasteiger partial charge in [0.1, 0.15) is 5.75 Å². The van der Waals surface area contributed by atoms with E-state index in [4.69, 9.17) is 10.5 Å². The molecule has 0 saturated heterocycles. The molecular weight excluding hydrogens is 236 g/mol. The fourth-order valence-electron chi connectivity index (χ4n) is 2.65. The highest BCUT2D eigenvalue weighted by Crippen LogP contribution is 2.30. The molecule has 0 atom stereocenters. The van der Waals surface area contributed by atoms with Gasteiger partial charge in [-0.3, -0.25) is 0 Å². The van der Waals surface area contributed by atoms with Gasteiger partial charge in [-0.25, -0.2) is 0 Å². The summed E-state index contributed by atoms with van der Waals surface area (Å²) in [5.74, 6) is 0.755. The van der Waals surface area contributed by atoms with Gasteiger partial charge in [0.2, 0.25) is 0 Å². The van der Waals surface area contributed by atoms with Crippen LogP contribution in [0.4, 0.5) is 11.4 Å². The van der Waals surface area contributed by atoms with Crippen LogP contribution in [0.25, 0.3) is 0 Å². The average molecular weight is 254 g/mol. The Balaban J connectivity index is 1.83. The maximum atomic E-state index is 5.85. The largest absolute Gasteiger partial charge is 0.495 e. The lowest BCUT2D eigenvalue weighted by atomic mass is 10.1. The first-order valence-electron chi connectivity index (χ1n) is 6.53. The predicted octanol–water partition coefficient (Wildman–Crippen LogP) is 2.84. The molecule has 0 fully saturated rings. The number of rotatable bonds is 3. The second-order valence-electron chi connectivity index (χ2n) is 4.88. The molecule has 19 heavy (non-hydrogen) atoms. The fraction of sp³-hybridized carbons (Fsp3) is 0.250. The summed E-state index contributed by atoms with van der Waals surface area (Å²) in [5.41, 5.74) is 10.5. The smallest absolute Gasteiger partial charge is 0.142 e. The average Bonchev–Trinajstić information content (AvgIpc) is 2.84. The molecule has 0 aromatic heterocycles. The summed E-state index contributed by atoms with van der Waals surface area (Å²) in [7, 11) is 1.65. The molecule has 0 radical (unpaired) electrons. The molecular formula is C16H18N2O. The van der Waals surface area contributed by atoms with E-state index < -0.39 is 0 Å². The van der Waals surface area contributed by atoms with Crippen LogP contribution in [-0.2, 0) is 13.0 Å². The van der Waals surface area contributed by atoms with Crippen molar-refractivity contribution in [1.29, 1.82) is 0 Å². The minimum Gasteiger partial charge on any atom is -0.495 e. The summed E-state index contributed by atoms with van der Waals surface area (Å²) in [5, 5.41) is 0. The molecule has 3 heteroatoms. The first kappa shape index (κ1) is 11.9. The number of fused-ring (bicyclic) bond motifs is 1. The van der Waals surface area contributed by atoms with E-state index in [1.54, 1.807) is 7.11 Å². The molecule has 0 bridgehead atoms. The normalized spacial score (nSPS) is 13.4. The molecule has 1 heterocycles. The maximum Gasteiger partial charge on any atom is 0.142 e. The summed E-state index contributed by atoms with van der Waals surface area (Å²) >= 11 is 0. The van der Waals surface area contributed by atoms with E-state index in [-0.39, 0.29) is 0 Å². The topological polar surface area (TPSA) is 38.5 Å². The van der Waals surface area contributed by atoms with E-state index >= 15 is 0 Å². The minimum atomic E-state index is 0.688. The minimum absolute atomic E-state index is 0.688. The van der Waals surface area contributed by atoms with Gasteiger partial charge >= 0.3 is 0 Å². The zero-order valence-corrected chi connectivity index (χ0v) is 11.1. The van der Waals surface area contributed by atoms with Gasteiger partial charge in [-0.2, -0.15) is 0 Å². The van der Waals surface area contributed by atoms with Crippen molar-refractivity contribution in [3.8, 4) is 5.75 Å². The van der Waals surface area contributed by atoms with Crippen LogP contribution in [0.5, 0.6) is 5.75 Å². The summed E-state index contributed by atoms with van der Waals surface area (Å²) in [6, 6.07) is 14.6. The Hall–Kier alpha value is -2.16. The molecule has 3 rings (SSSR count). The van der Waals surface area contributed by atoms with E-state index in [0.29, 0.717) is 5.69 Å². The van der Waals surface area contributed by atoms with Crippen molar-refractivity contribution >= 4 is 11.4 Å². The van der Waals surface area contributed by atoms with Crippen molar-refractivity contribution in [2.45, 2.75) is 13.0 Å². The Morgan fingerprint density at radius 2 is 2.05 bits per heavy atom. The molecule has 3 nitrogen and oxygen atoms in total. The van der Waals surface area contributed by atoms with Gasteiger partial charge in [-0.1, -0.05) is 24.3 Å². The number of benzene rings is 2. The maximum absolute atomic E-state index is 5.85. The monoisotopic (exact) mass is 254 g/mol. The first-order chi connectivity index (χ1) is 9.28. The number of hydrogen-bond donors (Lipinski definition) is 1. The lowest BCUT2D eigenvalue weighted by molar-refractivity contribution is 0.416. The molecule has 2 N–H and O–H groups in total. The van der Waals surface area contributed by atoms with Crippen LogP contribution in [-0.4, -0.2) is 13.7 Å². The van der Waals surface area contributed by atoms with Crippen molar-refractivity contribution in [2.24, 2.45) is 0 Å². The first-order valence-corrected chi connectivity index (χ1v) is 6.53. The van der Waals surface area contributed by atoms with Crippen molar-refractivity contribution in [3.63, 3.8) is 0 Å². The Kier molecular flexibility index (Phi) is 3.03. The number of nitrogens with two attached hydrogens (primary N) is 1. The third kappa shape index (κ3) is 2.24. The highest BCUT2D eigenvalue weighted by Gasteiger charge is 2.18. The van der Waals surface area contributed by atoms with E-state index in [1.807, 2.05) is 12.1 Å². The molecule has 0 amide bonds. The molecule has 0 spiro atoms. The van der Waals surface area contributed by atoms with Gasteiger partial charge in [0.25, 0.3) is 0 Å². The number of nitrogen functional groups attached to an aromatic ring is 1. The Morgan fingerprint density at radius 3 is 2.89 bits per heavy atom. The van der Waals surface area contributed by atoms with Gasteiger partial charge in [0.05, 0.1) is 12.8 Å². The number of anilines is 2. The fourth-order valence-corrected chi connectivity index (χ4v) is 2.65. The SMILES string of the molecule is COc1cc(CN2CCc3ccccc32)ccc1N. The molecule has 1 aliphatic heterocycles. The number of nitrogens with zero attached hydrogens (tertiary/aromatic N) is 1. The molecule has 0 aliphatic carbocycles. The quantitative estimate of drug-likeness (QED) is 0.856. The Bertz CT molecular complexity index is 595. The number of para-hydroxylation sites is 1. The third-order valence-corrected chi connectivity index (χ3v) is 3.65. The predicted molar refractivity (Wildman–Crippen MR) is 78.6 cm³/mol. The third-order valence-electron chi connectivity index (χ3n) is 3.65. The van der Waals surface area contributed by atoms with Gasteiger partial charge in [-0.05, 0) is 35.7 Å². The van der Waals surface area contributed by atoms with E-state index in [1.165, 1.54) is 16.8 Å². The van der Waals surface area contributed by atoms with Gasteiger partial charge in [-0.15, -0.1) is 0 Å². The van der Waals surface area contributed by atoms with Crippen LogP contribution in [0, 0.1) is 0 Å². The van der Waals surface area contributed by atoms with Gasteiger partial charge < -0.3 is 15.4 Å². The van der Waals surface area contributed by atoms with Crippen molar-refractivity contribution in [1.82, 2.24) is 0 Å². The van der Waals surface area contributed by atoms with E-state index in [2.05, 4.69) is 35.2 Å². The highest BCUT2D eigenvalue weighted by atomic mass is 16.5. The standard InChI is InChI=1S/C16H18N2O/c1-19-16-10-12(6-7-14(16)17)11-18-9-8-13-4-2-3-5-15(13)18/h2-7,10H,8-9,11,17H2,1H3. The molecule has 1 aliphatic rings. The van der Waals surface area contributed by atoms with E-state index in [0.717, 1.165) is 25.3 Å². The zero-order valence-electron chi connectivity index (χ0n) is 11.1. The summed E-state index contributed by atoms with van der Waals surface area (Å²) < 4.78 is 5.28. The molecule has 0 saturated carbocycles. The molecule has 2 aromatic carbocycles. The van der Waals surface area contributed by atoms with Crippen molar-refractivity contribution in [3.05, 3.63) is 53.6 Å². The zero-order chi connectivity index (χ0) is 13.2. The van der Waals surface area contributed by atoms with Crippen LogP contribution in [0.1, 0.15) is 11.1 Å².